The zero-order valence-corrected chi connectivity index (χ0v) is 18.8. The second-order valence-electron chi connectivity index (χ2n) is 8.69. The van der Waals surface area contributed by atoms with Crippen LogP contribution in [0.25, 0.3) is 10.9 Å². The molecule has 1 atom stereocenters. The number of benzene rings is 1. The lowest BCUT2D eigenvalue weighted by Gasteiger charge is -2.22. The summed E-state index contributed by atoms with van der Waals surface area (Å²) in [6, 6.07) is 9.54. The highest BCUT2D eigenvalue weighted by Crippen LogP contribution is 2.35. The number of aromatic amines is 1. The maximum atomic E-state index is 9.66. The minimum absolute atomic E-state index is 0.0281. The third-order valence-corrected chi connectivity index (χ3v) is 5.19. The van der Waals surface area contributed by atoms with Gasteiger partial charge in [-0.3, -0.25) is 9.97 Å². The van der Waals surface area contributed by atoms with Gasteiger partial charge in [-0.15, -0.1) is 0 Å². The molecule has 3 aromatic heterocycles. The smallest absolute Gasteiger partial charge is 0.109 e. The molecule has 0 saturated heterocycles. The van der Waals surface area contributed by atoms with Crippen molar-refractivity contribution >= 4 is 33.9 Å². The van der Waals surface area contributed by atoms with Crippen LogP contribution in [0.5, 0.6) is 0 Å². The van der Waals surface area contributed by atoms with Crippen molar-refractivity contribution in [2.45, 2.75) is 26.8 Å². The molecule has 4 aromatic rings. The summed E-state index contributed by atoms with van der Waals surface area (Å²) in [4.78, 5) is 8.65. The first kappa shape index (κ1) is 21.5. The molecular formula is C23H23ClN8. The van der Waals surface area contributed by atoms with Crippen molar-refractivity contribution in [3.63, 3.8) is 0 Å². The Bertz CT molecular complexity index is 1260. The predicted octanol–water partition coefficient (Wildman–Crippen LogP) is 4.93. The second kappa shape index (κ2) is 8.81. The average Bonchev–Trinajstić information content (AvgIpc) is 3.30. The fraction of sp³-hybridized carbons (Fsp3) is 0.261. The van der Waals surface area contributed by atoms with E-state index in [2.05, 4.69) is 62.9 Å². The highest BCUT2D eigenvalue weighted by atomic mass is 35.5. The number of pyridine rings is 2. The topological polar surface area (TPSA) is 115 Å². The summed E-state index contributed by atoms with van der Waals surface area (Å²) in [5.74, 6) is 0. The number of anilines is 2. The lowest BCUT2D eigenvalue weighted by atomic mass is 9.96. The fourth-order valence-electron chi connectivity index (χ4n) is 3.36. The van der Waals surface area contributed by atoms with Crippen LogP contribution >= 0.6 is 11.6 Å². The second-order valence-corrected chi connectivity index (χ2v) is 9.09. The van der Waals surface area contributed by atoms with Gasteiger partial charge in [-0.2, -0.15) is 20.7 Å². The zero-order valence-electron chi connectivity index (χ0n) is 18.0. The Morgan fingerprint density at radius 3 is 2.72 bits per heavy atom. The lowest BCUT2D eigenvalue weighted by molar-refractivity contribution is 0.443. The summed E-state index contributed by atoms with van der Waals surface area (Å²) in [5.41, 5.74) is 4.24. The molecule has 0 aliphatic rings. The van der Waals surface area contributed by atoms with Gasteiger partial charge in [0, 0.05) is 36.2 Å². The Hall–Kier alpha value is -3.70. The van der Waals surface area contributed by atoms with Crippen LogP contribution in [0, 0.1) is 16.7 Å². The van der Waals surface area contributed by atoms with E-state index in [0.717, 1.165) is 22.3 Å². The Balaban J connectivity index is 1.80. The number of aromatic nitrogens is 5. The number of hydrogen-bond acceptors (Lipinski definition) is 7. The van der Waals surface area contributed by atoms with Crippen molar-refractivity contribution in [2.75, 3.05) is 17.2 Å². The lowest BCUT2D eigenvalue weighted by Crippen LogP contribution is -2.20. The van der Waals surface area contributed by atoms with Crippen LogP contribution in [0.2, 0.25) is 5.02 Å². The zero-order chi connectivity index (χ0) is 22.7. The Morgan fingerprint density at radius 2 is 2.06 bits per heavy atom. The number of H-pyrrole nitrogens is 1. The normalized spacial score (nSPS) is 12.3. The number of hydrogen-bond donors (Lipinski definition) is 3. The van der Waals surface area contributed by atoms with Gasteiger partial charge in [-0.25, -0.2) is 0 Å². The molecule has 1 aromatic carbocycles. The molecule has 9 heteroatoms. The van der Waals surface area contributed by atoms with E-state index in [0.29, 0.717) is 28.3 Å². The predicted molar refractivity (Wildman–Crippen MR) is 125 cm³/mol. The van der Waals surface area contributed by atoms with Crippen LogP contribution in [0.3, 0.4) is 0 Å². The van der Waals surface area contributed by atoms with Gasteiger partial charge in [-0.1, -0.05) is 38.4 Å². The molecule has 0 unspecified atom stereocenters. The van der Waals surface area contributed by atoms with E-state index in [1.165, 1.54) is 0 Å². The monoisotopic (exact) mass is 446 g/mol. The third kappa shape index (κ3) is 4.63. The quantitative estimate of drug-likeness (QED) is 0.384. The van der Waals surface area contributed by atoms with Crippen LogP contribution in [0.15, 0.2) is 49.1 Å². The van der Waals surface area contributed by atoms with Crippen LogP contribution in [-0.4, -0.2) is 31.9 Å². The van der Waals surface area contributed by atoms with Crippen LogP contribution in [0.4, 0.5) is 11.4 Å². The molecule has 0 spiro atoms. The largest absolute Gasteiger partial charge is 0.383 e. The maximum Gasteiger partial charge on any atom is 0.109 e. The van der Waals surface area contributed by atoms with Crippen molar-refractivity contribution in [2.24, 2.45) is 5.41 Å². The Kier molecular flexibility index (Phi) is 5.93. The molecule has 0 radical (unpaired) electrons. The average molecular weight is 447 g/mol. The Morgan fingerprint density at radius 1 is 1.22 bits per heavy atom. The van der Waals surface area contributed by atoms with Gasteiger partial charge in [-0.05, 0) is 29.2 Å². The molecule has 0 amide bonds. The summed E-state index contributed by atoms with van der Waals surface area (Å²) in [6.07, 6.45) is 6.72. The Labute approximate surface area is 191 Å². The van der Waals surface area contributed by atoms with Crippen molar-refractivity contribution in [3.05, 3.63) is 70.9 Å². The van der Waals surface area contributed by atoms with Gasteiger partial charge in [0.15, 0.2) is 0 Å². The molecule has 0 saturated carbocycles. The highest BCUT2D eigenvalue weighted by Gasteiger charge is 2.20. The third-order valence-electron chi connectivity index (χ3n) is 4.90. The summed E-state index contributed by atoms with van der Waals surface area (Å²) in [6.45, 7) is 7.08. The first-order valence-electron chi connectivity index (χ1n) is 10.1. The SMILES string of the molecule is CC(C)(C)CNc1c(C#N)cnc2c(Cl)cc(N[C@@H](c3cccnc3)c3cn[nH]n3)cc12. The summed E-state index contributed by atoms with van der Waals surface area (Å²) >= 11 is 6.61. The molecule has 0 bridgehead atoms. The molecule has 0 fully saturated rings. The molecule has 3 N–H and O–H groups in total. The van der Waals surface area contributed by atoms with E-state index in [4.69, 9.17) is 11.6 Å². The first-order chi connectivity index (χ1) is 15.4. The van der Waals surface area contributed by atoms with Crippen LogP contribution in [-0.2, 0) is 0 Å². The maximum absolute atomic E-state index is 9.66. The van der Waals surface area contributed by atoms with E-state index < -0.39 is 0 Å². The van der Waals surface area contributed by atoms with Gasteiger partial charge in [0.1, 0.15) is 11.8 Å². The van der Waals surface area contributed by atoms with E-state index >= 15 is 0 Å². The summed E-state index contributed by atoms with van der Waals surface area (Å²) in [5, 5.41) is 28.7. The van der Waals surface area contributed by atoms with Gasteiger partial charge in [0.05, 0.1) is 34.0 Å². The van der Waals surface area contributed by atoms with Crippen molar-refractivity contribution < 1.29 is 0 Å². The first-order valence-corrected chi connectivity index (χ1v) is 10.5. The number of fused-ring (bicyclic) bond motifs is 1. The molecule has 3 heterocycles. The van der Waals surface area contributed by atoms with Crippen molar-refractivity contribution in [1.82, 2.24) is 25.4 Å². The molecule has 4 rings (SSSR count). The number of halogens is 1. The number of nitrogens with one attached hydrogen (secondary N) is 3. The van der Waals surface area contributed by atoms with Gasteiger partial charge >= 0.3 is 0 Å². The van der Waals surface area contributed by atoms with Gasteiger partial charge < -0.3 is 10.6 Å². The van der Waals surface area contributed by atoms with Crippen molar-refractivity contribution in [1.29, 1.82) is 5.26 Å². The molecule has 8 nitrogen and oxygen atoms in total. The van der Waals surface area contributed by atoms with Crippen LogP contribution in [0.1, 0.15) is 43.6 Å². The standard InChI is InChI=1S/C23H23ClN8/c1-23(2,3)13-28-20-15(9-25)11-27-22-17(20)7-16(8-18(22)24)30-21(19-12-29-32-31-19)14-5-4-6-26-10-14/h4-8,10-12,21,30H,13H2,1-3H3,(H,27,28)(H,29,31,32)/t21-/m0/s1. The molecular weight excluding hydrogens is 424 g/mol. The minimum atomic E-state index is -0.297. The summed E-state index contributed by atoms with van der Waals surface area (Å²) in [7, 11) is 0. The molecule has 32 heavy (non-hydrogen) atoms. The number of nitriles is 1. The molecule has 0 aliphatic heterocycles. The summed E-state index contributed by atoms with van der Waals surface area (Å²) < 4.78 is 0. The van der Waals surface area contributed by atoms with E-state index in [1.54, 1.807) is 24.8 Å². The highest BCUT2D eigenvalue weighted by molar-refractivity contribution is 6.35. The van der Waals surface area contributed by atoms with E-state index in [1.807, 2.05) is 24.3 Å². The van der Waals surface area contributed by atoms with Crippen LogP contribution < -0.4 is 10.6 Å². The van der Waals surface area contributed by atoms with Crippen molar-refractivity contribution in [3.8, 4) is 6.07 Å². The molecule has 162 valence electrons. The van der Waals surface area contributed by atoms with Gasteiger partial charge in [0.2, 0.25) is 0 Å². The molecule has 0 aliphatic carbocycles. The number of nitrogens with zero attached hydrogens (tertiary/aromatic N) is 5. The number of rotatable bonds is 6. The fourth-order valence-corrected chi connectivity index (χ4v) is 3.63. The van der Waals surface area contributed by atoms with E-state index in [9.17, 15) is 5.26 Å². The minimum Gasteiger partial charge on any atom is -0.383 e. The van der Waals surface area contributed by atoms with Gasteiger partial charge in [0.25, 0.3) is 0 Å². The van der Waals surface area contributed by atoms with E-state index in [-0.39, 0.29) is 11.5 Å².